The summed E-state index contributed by atoms with van der Waals surface area (Å²) in [4.78, 5) is 58.1. The Balaban J connectivity index is 1.40. The topological polar surface area (TPSA) is 149 Å². The number of hydrogen-bond acceptors (Lipinski definition) is 8. The smallest absolute Gasteiger partial charge is 0.330 e. The number of nitrogens with zero attached hydrogens (tertiary/aromatic N) is 4. The van der Waals surface area contributed by atoms with Crippen LogP contribution >= 0.6 is 23.2 Å². The van der Waals surface area contributed by atoms with E-state index in [0.29, 0.717) is 52.9 Å². The molecular formula is C30H29Cl2N7O5. The van der Waals surface area contributed by atoms with Crippen LogP contribution in [0.1, 0.15) is 28.8 Å². The van der Waals surface area contributed by atoms with Crippen LogP contribution in [0.5, 0.6) is 5.88 Å². The zero-order valence-corrected chi connectivity index (χ0v) is 25.6. The fourth-order valence-corrected chi connectivity index (χ4v) is 5.52. The molecule has 0 aliphatic carbocycles. The third-order valence-electron chi connectivity index (χ3n) is 7.28. The molecule has 0 bridgehead atoms. The van der Waals surface area contributed by atoms with Gasteiger partial charge in [-0.3, -0.25) is 19.0 Å². The number of halogens is 2. The normalized spacial score (nSPS) is 14.4. The lowest BCUT2D eigenvalue weighted by Gasteiger charge is -2.15. The number of hydrogen-bond donors (Lipinski definition) is 3. The van der Waals surface area contributed by atoms with Gasteiger partial charge in [-0.25, -0.2) is 9.78 Å². The Bertz CT molecular complexity index is 1890. The van der Waals surface area contributed by atoms with E-state index in [-0.39, 0.29) is 28.2 Å². The van der Waals surface area contributed by atoms with Crippen LogP contribution < -0.4 is 31.9 Å². The van der Waals surface area contributed by atoms with Crippen molar-refractivity contribution in [3.8, 4) is 28.4 Å². The van der Waals surface area contributed by atoms with Gasteiger partial charge in [-0.05, 0) is 18.6 Å². The number of nitrogens with one attached hydrogen (secondary N) is 3. The lowest BCUT2D eigenvalue weighted by atomic mass is 10.0. The Morgan fingerprint density at radius 2 is 1.77 bits per heavy atom. The predicted molar refractivity (Wildman–Crippen MR) is 167 cm³/mol. The van der Waals surface area contributed by atoms with Crippen molar-refractivity contribution in [1.82, 2.24) is 29.7 Å². The molecule has 3 N–H and O–H groups in total. The first kappa shape index (κ1) is 30.9. The molecule has 12 nitrogen and oxygen atoms in total. The van der Waals surface area contributed by atoms with Gasteiger partial charge >= 0.3 is 5.69 Å². The summed E-state index contributed by atoms with van der Waals surface area (Å²) < 4.78 is 7.54. The van der Waals surface area contributed by atoms with E-state index in [9.17, 15) is 19.2 Å². The minimum absolute atomic E-state index is 0.0623. The van der Waals surface area contributed by atoms with Gasteiger partial charge in [-0.1, -0.05) is 47.5 Å². The number of anilines is 1. The minimum atomic E-state index is -0.729. The second-order valence-corrected chi connectivity index (χ2v) is 11.0. The van der Waals surface area contributed by atoms with Crippen LogP contribution in [0.25, 0.3) is 22.5 Å². The molecule has 1 aliphatic heterocycles. The third-order valence-corrected chi connectivity index (χ3v) is 8.09. The second kappa shape index (κ2) is 13.0. The molecule has 4 aromatic rings. The van der Waals surface area contributed by atoms with Crippen molar-refractivity contribution in [1.29, 1.82) is 0 Å². The first-order chi connectivity index (χ1) is 21.1. The van der Waals surface area contributed by atoms with Gasteiger partial charge in [0.15, 0.2) is 5.82 Å². The Morgan fingerprint density at radius 1 is 1.07 bits per heavy atom. The predicted octanol–water partition coefficient (Wildman–Crippen LogP) is 3.14. The zero-order valence-electron chi connectivity index (χ0n) is 24.1. The molecular weight excluding hydrogens is 609 g/mol. The minimum Gasteiger partial charge on any atom is -0.481 e. The van der Waals surface area contributed by atoms with Crippen LogP contribution in [-0.2, 0) is 25.4 Å². The van der Waals surface area contributed by atoms with Crippen LogP contribution in [0.3, 0.4) is 0 Å². The average molecular weight is 639 g/mol. The van der Waals surface area contributed by atoms with Crippen LogP contribution in [-0.4, -0.2) is 50.6 Å². The lowest BCUT2D eigenvalue weighted by molar-refractivity contribution is -0.119. The standard InChI is InChI=1S/C30H29Cl2N7O5/c1-38-15-21(29(42)39(2)30(38)43)27(41)36-22-9-5-7-19(25(22)32)18-6-4-8-20(24(18)31)26-34-13-16(28(37-26)44-3)12-33-14-17-10-11-23(40)35-17/h4-9,13,15,17,33H,10-12,14H2,1-3H3,(H,35,40)(H,36,41)/t17-/m0/s1. The SMILES string of the molecule is COc1nc(-c2cccc(-c3cccc(NC(=O)c4cn(C)c(=O)n(C)c4=O)c3Cl)c2Cl)ncc1CNC[C@@H]1CCC(=O)N1. The highest BCUT2D eigenvalue weighted by molar-refractivity contribution is 6.39. The van der Waals surface area contributed by atoms with Crippen molar-refractivity contribution in [2.24, 2.45) is 14.1 Å². The van der Waals surface area contributed by atoms with Crippen LogP contribution in [0.2, 0.25) is 10.0 Å². The molecule has 5 rings (SSSR count). The van der Waals surface area contributed by atoms with E-state index in [1.165, 1.54) is 27.4 Å². The fourth-order valence-electron chi connectivity index (χ4n) is 4.93. The number of aryl methyl sites for hydroxylation is 1. The summed E-state index contributed by atoms with van der Waals surface area (Å²) in [7, 11) is 4.27. The molecule has 2 aromatic heterocycles. The van der Waals surface area contributed by atoms with E-state index in [4.69, 9.17) is 27.9 Å². The first-order valence-corrected chi connectivity index (χ1v) is 14.4. The Morgan fingerprint density at radius 3 is 2.48 bits per heavy atom. The van der Waals surface area contributed by atoms with Crippen LogP contribution in [0.4, 0.5) is 5.69 Å². The Labute approximate surface area is 262 Å². The van der Waals surface area contributed by atoms with Crippen molar-refractivity contribution in [3.63, 3.8) is 0 Å². The molecule has 228 valence electrons. The number of rotatable bonds is 9. The number of carbonyl (C=O) groups excluding carboxylic acids is 2. The molecule has 2 amide bonds. The second-order valence-electron chi connectivity index (χ2n) is 10.3. The Kier molecular flexibility index (Phi) is 9.14. The molecule has 44 heavy (non-hydrogen) atoms. The highest BCUT2D eigenvalue weighted by atomic mass is 35.5. The first-order valence-electron chi connectivity index (χ1n) is 13.6. The highest BCUT2D eigenvalue weighted by Gasteiger charge is 2.22. The third kappa shape index (κ3) is 6.23. The number of ether oxygens (including phenoxy) is 1. The maximum absolute atomic E-state index is 13.0. The monoisotopic (exact) mass is 637 g/mol. The van der Waals surface area contributed by atoms with Gasteiger partial charge in [0.05, 0.1) is 22.8 Å². The van der Waals surface area contributed by atoms with Gasteiger partial charge in [-0.2, -0.15) is 4.98 Å². The van der Waals surface area contributed by atoms with Crippen LogP contribution in [0.15, 0.2) is 58.4 Å². The van der Waals surface area contributed by atoms with Crippen molar-refractivity contribution in [2.45, 2.75) is 25.4 Å². The van der Waals surface area contributed by atoms with Gasteiger partial charge in [0.2, 0.25) is 11.8 Å². The number of amides is 2. The average Bonchev–Trinajstić information content (AvgIpc) is 3.44. The quantitative estimate of drug-likeness (QED) is 0.253. The largest absolute Gasteiger partial charge is 0.481 e. The molecule has 0 radical (unpaired) electrons. The molecule has 1 saturated heterocycles. The van der Waals surface area contributed by atoms with Crippen molar-refractivity contribution < 1.29 is 14.3 Å². The van der Waals surface area contributed by atoms with E-state index in [1.54, 1.807) is 42.6 Å². The molecule has 1 fully saturated rings. The molecule has 0 unspecified atom stereocenters. The molecule has 3 heterocycles. The molecule has 0 saturated carbocycles. The van der Waals surface area contributed by atoms with E-state index in [2.05, 4.69) is 25.9 Å². The summed E-state index contributed by atoms with van der Waals surface area (Å²) in [6.07, 6.45) is 4.18. The number of methoxy groups -OCH3 is 1. The summed E-state index contributed by atoms with van der Waals surface area (Å²) in [5.41, 5.74) is 1.12. The maximum atomic E-state index is 13.0. The van der Waals surface area contributed by atoms with E-state index < -0.39 is 17.2 Å². The summed E-state index contributed by atoms with van der Waals surface area (Å²) in [6.45, 7) is 1.07. The van der Waals surface area contributed by atoms with E-state index >= 15 is 0 Å². The fraction of sp³-hybridized carbons (Fsp3) is 0.267. The van der Waals surface area contributed by atoms with E-state index in [0.717, 1.165) is 21.1 Å². The molecule has 2 aromatic carbocycles. The molecule has 1 aliphatic rings. The summed E-state index contributed by atoms with van der Waals surface area (Å²) in [5.74, 6) is 0.0637. The number of aromatic nitrogens is 4. The lowest BCUT2D eigenvalue weighted by Crippen LogP contribution is -2.40. The van der Waals surface area contributed by atoms with E-state index in [1.807, 2.05) is 0 Å². The van der Waals surface area contributed by atoms with Gasteiger partial charge in [-0.15, -0.1) is 0 Å². The summed E-state index contributed by atoms with van der Waals surface area (Å²) >= 11 is 13.6. The maximum Gasteiger partial charge on any atom is 0.330 e. The zero-order chi connectivity index (χ0) is 31.5. The van der Waals surface area contributed by atoms with Gasteiger partial charge in [0, 0.05) is 74.3 Å². The number of benzene rings is 2. The van der Waals surface area contributed by atoms with Gasteiger partial charge < -0.3 is 25.3 Å². The van der Waals surface area contributed by atoms with Crippen LogP contribution in [0, 0.1) is 0 Å². The molecule has 1 atom stereocenters. The Hall–Kier alpha value is -4.52. The summed E-state index contributed by atoms with van der Waals surface area (Å²) in [6, 6.07) is 10.5. The van der Waals surface area contributed by atoms with Crippen molar-refractivity contribution in [2.75, 3.05) is 19.0 Å². The molecule has 14 heteroatoms. The van der Waals surface area contributed by atoms with Crippen molar-refractivity contribution in [3.05, 3.63) is 90.8 Å². The molecule has 0 spiro atoms. The van der Waals surface area contributed by atoms with Crippen molar-refractivity contribution >= 4 is 40.7 Å². The number of carbonyl (C=O) groups is 2. The highest BCUT2D eigenvalue weighted by Crippen LogP contribution is 2.41. The van der Waals surface area contributed by atoms with Gasteiger partial charge in [0.25, 0.3) is 11.5 Å². The van der Waals surface area contributed by atoms with Gasteiger partial charge in [0.1, 0.15) is 5.56 Å². The summed E-state index contributed by atoms with van der Waals surface area (Å²) in [5, 5.41) is 9.42.